The van der Waals surface area contributed by atoms with Gasteiger partial charge in [-0.1, -0.05) is 0 Å². The van der Waals surface area contributed by atoms with Crippen molar-refractivity contribution in [3.63, 3.8) is 0 Å². The first kappa shape index (κ1) is 23.0. The van der Waals surface area contributed by atoms with Gasteiger partial charge in [0.2, 0.25) is 5.95 Å². The van der Waals surface area contributed by atoms with Gasteiger partial charge in [-0.2, -0.15) is 0 Å². The molecule has 0 saturated carbocycles. The minimum atomic E-state index is -0.184. The summed E-state index contributed by atoms with van der Waals surface area (Å²) in [5.41, 5.74) is 3.86. The van der Waals surface area contributed by atoms with E-state index in [0.29, 0.717) is 41.9 Å². The summed E-state index contributed by atoms with van der Waals surface area (Å²) in [5.74, 6) is 1.91. The molecule has 1 saturated heterocycles. The number of halogens is 1. The number of fused-ring (bicyclic) bond motifs is 1. The number of imidazole rings is 1. The fourth-order valence-corrected chi connectivity index (χ4v) is 4.43. The van der Waals surface area contributed by atoms with Gasteiger partial charge in [0, 0.05) is 50.7 Å². The smallest absolute Gasteiger partial charge is 0.208 e. The molecule has 0 radical (unpaired) electrons. The lowest BCUT2D eigenvalue weighted by molar-refractivity contribution is -0.116. The predicted molar refractivity (Wildman–Crippen MR) is 132 cm³/mol. The zero-order chi connectivity index (χ0) is 24.4. The molecule has 0 spiro atoms. The van der Waals surface area contributed by atoms with Gasteiger partial charge in [0.05, 0.1) is 16.7 Å². The van der Waals surface area contributed by atoms with E-state index in [1.165, 1.54) is 13.0 Å². The number of hydrogen-bond donors (Lipinski definition) is 1. The highest BCUT2D eigenvalue weighted by Gasteiger charge is 2.20. The summed E-state index contributed by atoms with van der Waals surface area (Å²) in [6.45, 7) is 2.86. The third kappa shape index (κ3) is 5.17. The monoisotopic (exact) mass is 474 g/mol. The Morgan fingerprint density at radius 3 is 2.74 bits per heavy atom. The SMILES string of the molecule is CC(=O)Cc1cc(Oc2ccc3c(c2)nc(Nc2ccc(F)c(C4CCOCC4)c2)n3C)ccn1. The van der Waals surface area contributed by atoms with Gasteiger partial charge in [-0.3, -0.25) is 9.78 Å². The van der Waals surface area contributed by atoms with E-state index < -0.39 is 0 Å². The Labute approximate surface area is 202 Å². The Hall–Kier alpha value is -3.78. The normalized spacial score (nSPS) is 14.3. The lowest BCUT2D eigenvalue weighted by Gasteiger charge is -2.23. The third-order valence-electron chi connectivity index (χ3n) is 6.22. The highest BCUT2D eigenvalue weighted by Crippen LogP contribution is 2.32. The quantitative estimate of drug-likeness (QED) is 0.372. The first-order valence-corrected chi connectivity index (χ1v) is 11.7. The van der Waals surface area contributed by atoms with Gasteiger partial charge in [0.1, 0.15) is 23.1 Å². The van der Waals surface area contributed by atoms with Crippen LogP contribution in [0.3, 0.4) is 0 Å². The molecule has 4 aromatic rings. The average Bonchev–Trinajstić information content (AvgIpc) is 3.15. The summed E-state index contributed by atoms with van der Waals surface area (Å²) in [6.07, 6.45) is 3.55. The molecule has 0 atom stereocenters. The number of anilines is 2. The van der Waals surface area contributed by atoms with Crippen molar-refractivity contribution < 1.29 is 18.7 Å². The number of benzene rings is 2. The third-order valence-corrected chi connectivity index (χ3v) is 6.22. The highest BCUT2D eigenvalue weighted by molar-refractivity contribution is 5.81. The number of nitrogens with zero attached hydrogens (tertiary/aromatic N) is 3. The van der Waals surface area contributed by atoms with E-state index in [1.807, 2.05) is 35.9 Å². The molecule has 1 fully saturated rings. The van der Waals surface area contributed by atoms with E-state index in [0.717, 1.165) is 29.6 Å². The van der Waals surface area contributed by atoms with Crippen LogP contribution in [-0.4, -0.2) is 33.5 Å². The summed E-state index contributed by atoms with van der Waals surface area (Å²) in [5, 5.41) is 3.34. The minimum Gasteiger partial charge on any atom is -0.457 e. The molecule has 0 bridgehead atoms. The number of rotatable bonds is 7. The first-order valence-electron chi connectivity index (χ1n) is 11.7. The number of ketones is 1. The first-order chi connectivity index (χ1) is 17.0. The topological polar surface area (TPSA) is 78.3 Å². The fourth-order valence-electron chi connectivity index (χ4n) is 4.43. The van der Waals surface area contributed by atoms with Crippen LogP contribution in [0.4, 0.5) is 16.0 Å². The zero-order valence-electron chi connectivity index (χ0n) is 19.8. The number of ether oxygens (including phenoxy) is 2. The molecule has 35 heavy (non-hydrogen) atoms. The number of pyridine rings is 1. The second kappa shape index (κ2) is 9.84. The largest absolute Gasteiger partial charge is 0.457 e. The van der Waals surface area contributed by atoms with Crippen molar-refractivity contribution in [1.29, 1.82) is 0 Å². The molecule has 1 N–H and O–H groups in total. The molecule has 8 heteroatoms. The Kier molecular flexibility index (Phi) is 6.46. The minimum absolute atomic E-state index is 0.0469. The Morgan fingerprint density at radius 2 is 1.94 bits per heavy atom. The number of hydrogen-bond acceptors (Lipinski definition) is 6. The molecular formula is C27H27FN4O3. The van der Waals surface area contributed by atoms with Gasteiger partial charge >= 0.3 is 0 Å². The predicted octanol–water partition coefficient (Wildman–Crippen LogP) is 5.67. The van der Waals surface area contributed by atoms with Gasteiger partial charge < -0.3 is 19.4 Å². The number of aryl methyl sites for hydroxylation is 1. The molecule has 0 aliphatic carbocycles. The van der Waals surface area contributed by atoms with E-state index in [-0.39, 0.29) is 23.9 Å². The van der Waals surface area contributed by atoms with Crippen LogP contribution in [0.5, 0.6) is 11.5 Å². The van der Waals surface area contributed by atoms with Gasteiger partial charge in [-0.25, -0.2) is 9.37 Å². The van der Waals surface area contributed by atoms with Crippen molar-refractivity contribution in [2.75, 3.05) is 18.5 Å². The molecule has 2 aromatic carbocycles. The molecular weight excluding hydrogens is 447 g/mol. The van der Waals surface area contributed by atoms with Crippen LogP contribution in [0.25, 0.3) is 11.0 Å². The van der Waals surface area contributed by atoms with Gasteiger partial charge in [0.25, 0.3) is 0 Å². The Morgan fingerprint density at radius 1 is 1.14 bits per heavy atom. The molecule has 1 aliphatic rings. The summed E-state index contributed by atoms with van der Waals surface area (Å²) in [4.78, 5) is 20.3. The molecule has 0 amide bonds. The summed E-state index contributed by atoms with van der Waals surface area (Å²) >= 11 is 0. The Balaban J connectivity index is 1.37. The lowest BCUT2D eigenvalue weighted by Crippen LogP contribution is -2.15. The van der Waals surface area contributed by atoms with Crippen molar-refractivity contribution in [2.24, 2.45) is 7.05 Å². The maximum absolute atomic E-state index is 14.5. The van der Waals surface area contributed by atoms with E-state index in [4.69, 9.17) is 14.5 Å². The Bertz CT molecular complexity index is 1380. The molecule has 3 heterocycles. The van der Waals surface area contributed by atoms with Crippen molar-refractivity contribution in [2.45, 2.75) is 32.1 Å². The van der Waals surface area contributed by atoms with E-state index in [2.05, 4.69) is 10.3 Å². The van der Waals surface area contributed by atoms with Crippen LogP contribution in [0.15, 0.2) is 54.7 Å². The van der Waals surface area contributed by atoms with Crippen molar-refractivity contribution in [3.05, 3.63) is 71.8 Å². The van der Waals surface area contributed by atoms with Gasteiger partial charge in [-0.15, -0.1) is 0 Å². The fraction of sp³-hybridized carbons (Fsp3) is 0.296. The second-order valence-electron chi connectivity index (χ2n) is 8.86. The van der Waals surface area contributed by atoms with Crippen molar-refractivity contribution in [1.82, 2.24) is 14.5 Å². The highest BCUT2D eigenvalue weighted by atomic mass is 19.1. The van der Waals surface area contributed by atoms with Crippen LogP contribution in [0, 0.1) is 5.82 Å². The van der Waals surface area contributed by atoms with Gasteiger partial charge in [-0.05, 0) is 67.6 Å². The number of Topliss-reactive ketones (excluding diaryl/α,β-unsaturated/α-hetero) is 1. The molecule has 180 valence electrons. The maximum atomic E-state index is 14.5. The average molecular weight is 475 g/mol. The maximum Gasteiger partial charge on any atom is 0.208 e. The van der Waals surface area contributed by atoms with Crippen LogP contribution in [0.1, 0.15) is 36.9 Å². The van der Waals surface area contributed by atoms with Gasteiger partial charge in [0.15, 0.2) is 0 Å². The molecule has 5 rings (SSSR count). The van der Waals surface area contributed by atoms with E-state index in [1.54, 1.807) is 24.4 Å². The molecule has 0 unspecified atom stereocenters. The van der Waals surface area contributed by atoms with Crippen LogP contribution in [0.2, 0.25) is 0 Å². The van der Waals surface area contributed by atoms with E-state index in [9.17, 15) is 9.18 Å². The number of carbonyl (C=O) groups is 1. The zero-order valence-corrected chi connectivity index (χ0v) is 19.8. The molecule has 2 aromatic heterocycles. The number of aromatic nitrogens is 3. The summed E-state index contributed by atoms with van der Waals surface area (Å²) in [6, 6.07) is 14.3. The number of carbonyl (C=O) groups excluding carboxylic acids is 1. The lowest BCUT2D eigenvalue weighted by atomic mass is 9.91. The van der Waals surface area contributed by atoms with Crippen LogP contribution in [-0.2, 0) is 23.0 Å². The summed E-state index contributed by atoms with van der Waals surface area (Å²) in [7, 11) is 1.93. The van der Waals surface area contributed by atoms with E-state index >= 15 is 0 Å². The molecule has 1 aliphatic heterocycles. The second-order valence-corrected chi connectivity index (χ2v) is 8.86. The van der Waals surface area contributed by atoms with Crippen LogP contribution >= 0.6 is 0 Å². The standard InChI is InChI=1S/C27H27FN4O3/c1-17(33)13-20-14-22(7-10-29-20)35-21-4-6-26-25(16-21)31-27(32(26)2)30-19-3-5-24(28)23(15-19)18-8-11-34-12-9-18/h3-7,10,14-16,18H,8-9,11-13H2,1-2H3,(H,30,31). The van der Waals surface area contributed by atoms with Crippen molar-refractivity contribution in [3.8, 4) is 11.5 Å². The van der Waals surface area contributed by atoms with Crippen LogP contribution < -0.4 is 10.1 Å². The molecule has 7 nitrogen and oxygen atoms in total. The van der Waals surface area contributed by atoms with Crippen molar-refractivity contribution >= 4 is 28.5 Å². The summed E-state index contributed by atoms with van der Waals surface area (Å²) < 4.78 is 27.9. The number of nitrogens with one attached hydrogen (secondary N) is 1.